The monoisotopic (exact) mass is 428 g/mol. The highest BCUT2D eigenvalue weighted by atomic mass is 79.9. The summed E-state index contributed by atoms with van der Waals surface area (Å²) in [5.41, 5.74) is 4.18. The minimum atomic E-state index is -0.426. The fraction of sp³-hybridized carbons (Fsp3) is 0.100. The number of nitrogens with zero attached hydrogens (tertiary/aromatic N) is 1. The van der Waals surface area contributed by atoms with Crippen molar-refractivity contribution < 1.29 is 18.7 Å². The van der Waals surface area contributed by atoms with Crippen LogP contribution in [0.25, 0.3) is 0 Å². The minimum absolute atomic E-state index is 0.190. The van der Waals surface area contributed by atoms with Crippen molar-refractivity contribution in [3.05, 3.63) is 82.2 Å². The van der Waals surface area contributed by atoms with Crippen LogP contribution in [-0.4, -0.2) is 19.2 Å². The smallest absolute Gasteiger partial charge is 0.307 e. The molecule has 3 aromatic rings. The molecule has 0 saturated heterocycles. The number of carbonyl (C=O) groups excluding carboxylic acids is 1. The molecule has 3 rings (SSSR count). The fourth-order valence-electron chi connectivity index (χ4n) is 2.31. The molecule has 6 nitrogen and oxygen atoms in total. The van der Waals surface area contributed by atoms with Crippen LogP contribution in [0.1, 0.15) is 21.7 Å². The number of furan rings is 1. The number of benzene rings is 2. The molecule has 1 heterocycles. The second kappa shape index (κ2) is 9.05. The number of amides is 1. The normalized spacial score (nSPS) is 10.7. The van der Waals surface area contributed by atoms with Gasteiger partial charge in [-0.2, -0.15) is 5.10 Å². The van der Waals surface area contributed by atoms with Gasteiger partial charge in [0.25, 0.3) is 0 Å². The summed E-state index contributed by atoms with van der Waals surface area (Å²) in [6, 6.07) is 16.6. The average Bonchev–Trinajstić information content (AvgIpc) is 3.22. The van der Waals surface area contributed by atoms with Gasteiger partial charge >= 0.3 is 5.91 Å². The molecule has 0 radical (unpaired) electrons. The second-order valence-corrected chi connectivity index (χ2v) is 6.34. The Balaban J connectivity index is 1.69. The highest BCUT2D eigenvalue weighted by molar-refractivity contribution is 9.10. The SMILES string of the molecule is COc1cc(/C=N/NC(=O)c2ccco2)cc(Br)c1OCc1ccccc1. The maximum absolute atomic E-state index is 11.8. The first-order valence-corrected chi connectivity index (χ1v) is 8.88. The van der Waals surface area contributed by atoms with Crippen molar-refractivity contribution in [3.63, 3.8) is 0 Å². The van der Waals surface area contributed by atoms with E-state index < -0.39 is 5.91 Å². The van der Waals surface area contributed by atoms with Gasteiger partial charge in [0.2, 0.25) is 0 Å². The van der Waals surface area contributed by atoms with Crippen LogP contribution < -0.4 is 14.9 Å². The van der Waals surface area contributed by atoms with Crippen molar-refractivity contribution in [1.29, 1.82) is 0 Å². The first kappa shape index (κ1) is 18.7. The van der Waals surface area contributed by atoms with Crippen LogP contribution in [0, 0.1) is 0 Å². The van der Waals surface area contributed by atoms with Crippen LogP contribution in [0.15, 0.2) is 74.9 Å². The molecule has 0 bridgehead atoms. The van der Waals surface area contributed by atoms with Gasteiger partial charge in [-0.15, -0.1) is 0 Å². The molecule has 0 aliphatic rings. The summed E-state index contributed by atoms with van der Waals surface area (Å²) in [6.07, 6.45) is 2.93. The van der Waals surface area contributed by atoms with E-state index in [0.717, 1.165) is 15.6 Å². The lowest BCUT2D eigenvalue weighted by Crippen LogP contribution is -2.16. The molecule has 7 heteroatoms. The zero-order valence-corrected chi connectivity index (χ0v) is 16.1. The van der Waals surface area contributed by atoms with E-state index in [1.807, 2.05) is 36.4 Å². The summed E-state index contributed by atoms with van der Waals surface area (Å²) in [6.45, 7) is 0.419. The van der Waals surface area contributed by atoms with Gasteiger partial charge in [-0.1, -0.05) is 30.3 Å². The van der Waals surface area contributed by atoms with Crippen molar-refractivity contribution in [1.82, 2.24) is 5.43 Å². The van der Waals surface area contributed by atoms with Gasteiger partial charge in [0.1, 0.15) is 6.61 Å². The number of rotatable bonds is 7. The van der Waals surface area contributed by atoms with E-state index in [1.54, 1.807) is 25.3 Å². The number of hydrogen-bond acceptors (Lipinski definition) is 5. The molecule has 0 aliphatic heterocycles. The van der Waals surface area contributed by atoms with Gasteiger partial charge in [-0.3, -0.25) is 4.79 Å². The molecule has 1 N–H and O–H groups in total. The second-order valence-electron chi connectivity index (χ2n) is 5.48. The van der Waals surface area contributed by atoms with Crippen LogP contribution in [0.4, 0.5) is 0 Å². The van der Waals surface area contributed by atoms with E-state index in [1.165, 1.54) is 12.5 Å². The van der Waals surface area contributed by atoms with Crippen LogP contribution in [0.2, 0.25) is 0 Å². The Bertz CT molecular complexity index is 925. The Hall–Kier alpha value is -3.06. The molecule has 27 heavy (non-hydrogen) atoms. The Morgan fingerprint density at radius 2 is 2.04 bits per heavy atom. The molecule has 138 valence electrons. The van der Waals surface area contributed by atoms with E-state index in [-0.39, 0.29) is 5.76 Å². The van der Waals surface area contributed by atoms with E-state index in [9.17, 15) is 4.79 Å². The lowest BCUT2D eigenvalue weighted by atomic mass is 10.2. The summed E-state index contributed by atoms with van der Waals surface area (Å²) >= 11 is 3.50. The van der Waals surface area contributed by atoms with Crippen molar-refractivity contribution in [2.24, 2.45) is 5.10 Å². The number of ether oxygens (including phenoxy) is 2. The molecule has 2 aromatic carbocycles. The third kappa shape index (κ3) is 4.98. The quantitative estimate of drug-likeness (QED) is 0.447. The summed E-state index contributed by atoms with van der Waals surface area (Å²) in [4.78, 5) is 11.8. The van der Waals surface area contributed by atoms with Crippen LogP contribution >= 0.6 is 15.9 Å². The molecule has 0 spiro atoms. The van der Waals surface area contributed by atoms with Gasteiger partial charge in [0, 0.05) is 0 Å². The summed E-state index contributed by atoms with van der Waals surface area (Å²) in [5, 5.41) is 3.94. The number of hydrogen-bond donors (Lipinski definition) is 1. The molecule has 0 fully saturated rings. The molecule has 1 amide bonds. The summed E-state index contributed by atoms with van der Waals surface area (Å²) in [7, 11) is 1.57. The third-order valence-corrected chi connectivity index (χ3v) is 4.19. The zero-order chi connectivity index (χ0) is 19.1. The third-order valence-electron chi connectivity index (χ3n) is 3.60. The first-order chi connectivity index (χ1) is 13.2. The zero-order valence-electron chi connectivity index (χ0n) is 14.5. The molecule has 0 aliphatic carbocycles. The van der Waals surface area contributed by atoms with Crippen molar-refractivity contribution >= 4 is 28.1 Å². The molecular formula is C20H17BrN2O4. The molecule has 0 unspecified atom stereocenters. The van der Waals surface area contributed by atoms with Crippen molar-refractivity contribution in [2.75, 3.05) is 7.11 Å². The van der Waals surface area contributed by atoms with Gasteiger partial charge in [0.05, 0.1) is 24.1 Å². The van der Waals surface area contributed by atoms with E-state index in [0.29, 0.717) is 18.1 Å². The van der Waals surface area contributed by atoms with Gasteiger partial charge in [-0.25, -0.2) is 5.43 Å². The van der Waals surface area contributed by atoms with Gasteiger partial charge in [-0.05, 0) is 51.3 Å². The van der Waals surface area contributed by atoms with Crippen LogP contribution in [0.3, 0.4) is 0 Å². The number of nitrogens with one attached hydrogen (secondary N) is 1. The maximum Gasteiger partial charge on any atom is 0.307 e. The fourth-order valence-corrected chi connectivity index (χ4v) is 2.89. The number of methoxy groups -OCH3 is 1. The Labute approximate surface area is 164 Å². The predicted molar refractivity (Wildman–Crippen MR) is 105 cm³/mol. The Morgan fingerprint density at radius 1 is 1.22 bits per heavy atom. The van der Waals surface area contributed by atoms with E-state index >= 15 is 0 Å². The first-order valence-electron chi connectivity index (χ1n) is 8.08. The topological polar surface area (TPSA) is 73.1 Å². The Kier molecular flexibility index (Phi) is 6.27. The highest BCUT2D eigenvalue weighted by Gasteiger charge is 2.12. The minimum Gasteiger partial charge on any atom is -0.493 e. The van der Waals surface area contributed by atoms with E-state index in [2.05, 4.69) is 26.5 Å². The van der Waals surface area contributed by atoms with Crippen molar-refractivity contribution in [2.45, 2.75) is 6.61 Å². The lowest BCUT2D eigenvalue weighted by Gasteiger charge is -2.13. The van der Waals surface area contributed by atoms with Crippen LogP contribution in [-0.2, 0) is 6.61 Å². The molecular weight excluding hydrogens is 412 g/mol. The Morgan fingerprint density at radius 3 is 2.74 bits per heavy atom. The average molecular weight is 429 g/mol. The summed E-state index contributed by atoms with van der Waals surface area (Å²) in [5.74, 6) is 0.915. The standard InChI is InChI=1S/C20H17BrN2O4/c1-25-18-11-15(12-22-23-20(24)17-8-5-9-26-17)10-16(21)19(18)27-13-14-6-3-2-4-7-14/h2-12H,13H2,1H3,(H,23,24)/b22-12+. The van der Waals surface area contributed by atoms with Gasteiger partial charge in [0.15, 0.2) is 17.3 Å². The van der Waals surface area contributed by atoms with Crippen LogP contribution in [0.5, 0.6) is 11.5 Å². The highest BCUT2D eigenvalue weighted by Crippen LogP contribution is 2.36. The maximum atomic E-state index is 11.8. The largest absolute Gasteiger partial charge is 0.493 e. The number of halogens is 1. The van der Waals surface area contributed by atoms with E-state index in [4.69, 9.17) is 13.9 Å². The number of carbonyl (C=O) groups is 1. The molecule has 1 aromatic heterocycles. The number of hydrazone groups is 1. The van der Waals surface area contributed by atoms with Gasteiger partial charge < -0.3 is 13.9 Å². The predicted octanol–water partition coefficient (Wildman–Crippen LogP) is 4.39. The molecule has 0 atom stereocenters. The lowest BCUT2D eigenvalue weighted by molar-refractivity contribution is 0.0927. The summed E-state index contributed by atoms with van der Waals surface area (Å²) < 4.78 is 17.0. The molecule has 0 saturated carbocycles. The van der Waals surface area contributed by atoms with Crippen molar-refractivity contribution in [3.8, 4) is 11.5 Å².